The van der Waals surface area contributed by atoms with E-state index in [1.54, 1.807) is 0 Å². The number of nitrogen functional groups attached to an aromatic ring is 2. The predicted octanol–water partition coefficient (Wildman–Crippen LogP) is 3.99. The number of anilines is 2. The summed E-state index contributed by atoms with van der Waals surface area (Å²) in [4.78, 5) is 0. The van der Waals surface area contributed by atoms with E-state index < -0.39 is 5.82 Å². The van der Waals surface area contributed by atoms with E-state index in [0.29, 0.717) is 5.41 Å². The van der Waals surface area contributed by atoms with Crippen LogP contribution in [0.3, 0.4) is 0 Å². The second-order valence-corrected chi connectivity index (χ2v) is 6.37. The lowest BCUT2D eigenvalue weighted by Gasteiger charge is -2.34. The van der Waals surface area contributed by atoms with Gasteiger partial charge in [0.25, 0.3) is 0 Å². The van der Waals surface area contributed by atoms with E-state index in [1.165, 1.54) is 6.07 Å². The fraction of sp³-hybridized carbons (Fsp3) is 0.571. The average molecular weight is 287 g/mol. The van der Waals surface area contributed by atoms with Gasteiger partial charge >= 0.3 is 0 Å². The third-order valence-corrected chi connectivity index (χ3v) is 4.17. The number of hydrogen-bond donors (Lipinski definition) is 2. The first-order chi connectivity index (χ1) is 8.80. The van der Waals surface area contributed by atoms with Gasteiger partial charge in [-0.25, -0.2) is 4.39 Å². The van der Waals surface area contributed by atoms with Crippen molar-refractivity contribution in [3.05, 3.63) is 16.9 Å². The Bertz CT molecular complexity index is 481. The van der Waals surface area contributed by atoms with Crippen LogP contribution in [0.2, 0.25) is 5.02 Å². The minimum absolute atomic E-state index is 0.00971. The summed E-state index contributed by atoms with van der Waals surface area (Å²) in [5, 5.41) is -0.125. The molecule has 0 amide bonds. The molecule has 3 nitrogen and oxygen atoms in total. The molecule has 0 aliphatic heterocycles. The first kappa shape index (κ1) is 14.3. The molecule has 1 saturated carbocycles. The van der Waals surface area contributed by atoms with E-state index in [9.17, 15) is 4.39 Å². The Morgan fingerprint density at radius 3 is 2.42 bits per heavy atom. The lowest BCUT2D eigenvalue weighted by atomic mass is 9.76. The third kappa shape index (κ3) is 3.06. The highest BCUT2D eigenvalue weighted by Gasteiger charge is 2.29. The van der Waals surface area contributed by atoms with Crippen molar-refractivity contribution in [2.24, 2.45) is 5.41 Å². The van der Waals surface area contributed by atoms with Gasteiger partial charge in [-0.1, -0.05) is 25.4 Å². The molecule has 0 unspecified atom stereocenters. The number of nitrogens with two attached hydrogens (primary N) is 2. The summed E-state index contributed by atoms with van der Waals surface area (Å²) in [6, 6.07) is 1.44. The molecule has 0 aromatic heterocycles. The standard InChI is InChI=1S/C14H20ClFN2O/c1-14(2)5-3-8(4-6-14)19-13-10(18)7-9(17)11(15)12(13)16/h7-8H,3-6,17-18H2,1-2H3. The second-order valence-electron chi connectivity index (χ2n) is 5.99. The zero-order valence-corrected chi connectivity index (χ0v) is 12.1. The van der Waals surface area contributed by atoms with Crippen molar-refractivity contribution in [2.75, 3.05) is 11.5 Å². The van der Waals surface area contributed by atoms with Gasteiger partial charge in [0, 0.05) is 0 Å². The van der Waals surface area contributed by atoms with Gasteiger partial charge in [0.15, 0.2) is 11.6 Å². The Balaban J connectivity index is 2.14. The highest BCUT2D eigenvalue weighted by atomic mass is 35.5. The number of hydrogen-bond acceptors (Lipinski definition) is 3. The van der Waals surface area contributed by atoms with Crippen LogP contribution < -0.4 is 16.2 Å². The van der Waals surface area contributed by atoms with E-state index in [4.69, 9.17) is 27.8 Å². The number of rotatable bonds is 2. The monoisotopic (exact) mass is 286 g/mol. The highest BCUT2D eigenvalue weighted by molar-refractivity contribution is 6.33. The van der Waals surface area contributed by atoms with Crippen LogP contribution in [0.5, 0.6) is 5.75 Å². The average Bonchev–Trinajstić information content (AvgIpc) is 2.34. The molecule has 0 spiro atoms. The topological polar surface area (TPSA) is 61.3 Å². The van der Waals surface area contributed by atoms with Gasteiger partial charge in [0.05, 0.1) is 17.5 Å². The quantitative estimate of drug-likeness (QED) is 0.808. The van der Waals surface area contributed by atoms with Crippen LogP contribution in [0.15, 0.2) is 6.07 Å². The zero-order chi connectivity index (χ0) is 14.2. The lowest BCUT2D eigenvalue weighted by molar-refractivity contribution is 0.0960. The normalized spacial score (nSPS) is 19.4. The van der Waals surface area contributed by atoms with E-state index in [2.05, 4.69) is 13.8 Å². The van der Waals surface area contributed by atoms with Crippen LogP contribution in [0, 0.1) is 11.2 Å². The van der Waals surface area contributed by atoms with Gasteiger partial charge in [0.1, 0.15) is 5.02 Å². The lowest BCUT2D eigenvalue weighted by Crippen LogP contribution is -2.28. The largest absolute Gasteiger partial charge is 0.485 e. The summed E-state index contributed by atoms with van der Waals surface area (Å²) >= 11 is 5.78. The second kappa shape index (κ2) is 5.08. The number of benzene rings is 1. The fourth-order valence-electron chi connectivity index (χ4n) is 2.43. The minimum Gasteiger partial charge on any atom is -0.485 e. The molecule has 0 radical (unpaired) electrons. The Kier molecular flexibility index (Phi) is 3.81. The minimum atomic E-state index is -0.663. The van der Waals surface area contributed by atoms with E-state index in [1.807, 2.05) is 0 Å². The fourth-order valence-corrected chi connectivity index (χ4v) is 2.57. The van der Waals surface area contributed by atoms with Crippen LogP contribution in [0.25, 0.3) is 0 Å². The summed E-state index contributed by atoms with van der Waals surface area (Å²) in [7, 11) is 0. The molecule has 5 heteroatoms. The van der Waals surface area contributed by atoms with Crippen molar-refractivity contribution in [2.45, 2.75) is 45.6 Å². The van der Waals surface area contributed by atoms with Crippen LogP contribution in [-0.4, -0.2) is 6.10 Å². The van der Waals surface area contributed by atoms with Crippen LogP contribution in [0.1, 0.15) is 39.5 Å². The molecule has 1 aromatic carbocycles. The summed E-state index contributed by atoms with van der Waals surface area (Å²) in [5.74, 6) is -0.632. The SMILES string of the molecule is CC1(C)CCC(Oc2c(N)cc(N)c(Cl)c2F)CC1. The first-order valence-corrected chi connectivity index (χ1v) is 6.87. The van der Waals surface area contributed by atoms with Gasteiger partial charge in [-0.3, -0.25) is 0 Å². The molecule has 0 heterocycles. The first-order valence-electron chi connectivity index (χ1n) is 6.50. The van der Waals surface area contributed by atoms with Gasteiger partial charge in [-0.2, -0.15) is 0 Å². The van der Waals surface area contributed by atoms with Crippen molar-refractivity contribution >= 4 is 23.0 Å². The summed E-state index contributed by atoms with van der Waals surface area (Å²) in [6.45, 7) is 4.47. The third-order valence-electron chi connectivity index (χ3n) is 3.79. The van der Waals surface area contributed by atoms with Crippen LogP contribution in [-0.2, 0) is 0 Å². The molecule has 2 rings (SSSR count). The summed E-state index contributed by atoms with van der Waals surface area (Å²) in [6.07, 6.45) is 3.90. The van der Waals surface area contributed by atoms with Crippen LogP contribution in [0.4, 0.5) is 15.8 Å². The molecular weight excluding hydrogens is 267 g/mol. The maximum Gasteiger partial charge on any atom is 0.187 e. The Hall–Kier alpha value is -1.16. The van der Waals surface area contributed by atoms with Gasteiger partial charge in [0.2, 0.25) is 0 Å². The van der Waals surface area contributed by atoms with Crippen molar-refractivity contribution in [3.63, 3.8) is 0 Å². The van der Waals surface area contributed by atoms with Gasteiger partial charge in [-0.15, -0.1) is 0 Å². The molecule has 0 saturated heterocycles. The van der Waals surface area contributed by atoms with Crippen molar-refractivity contribution in [1.82, 2.24) is 0 Å². The summed E-state index contributed by atoms with van der Waals surface area (Å²) < 4.78 is 19.7. The Morgan fingerprint density at radius 2 is 1.84 bits per heavy atom. The van der Waals surface area contributed by atoms with Crippen LogP contribution >= 0.6 is 11.6 Å². The molecular formula is C14H20ClFN2O. The maximum atomic E-state index is 14.0. The number of halogens is 2. The highest BCUT2D eigenvalue weighted by Crippen LogP contribution is 2.40. The number of ether oxygens (including phenoxy) is 1. The molecule has 106 valence electrons. The van der Waals surface area contributed by atoms with E-state index in [-0.39, 0.29) is 28.3 Å². The molecule has 1 fully saturated rings. The molecule has 0 atom stereocenters. The van der Waals surface area contributed by atoms with Crippen molar-refractivity contribution in [3.8, 4) is 5.75 Å². The van der Waals surface area contributed by atoms with E-state index in [0.717, 1.165) is 25.7 Å². The van der Waals surface area contributed by atoms with Gasteiger partial charge in [-0.05, 0) is 37.2 Å². The molecule has 0 bridgehead atoms. The van der Waals surface area contributed by atoms with Crippen molar-refractivity contribution in [1.29, 1.82) is 0 Å². The maximum absolute atomic E-state index is 14.0. The van der Waals surface area contributed by atoms with Crippen molar-refractivity contribution < 1.29 is 9.13 Å². The van der Waals surface area contributed by atoms with E-state index >= 15 is 0 Å². The Labute approximate surface area is 118 Å². The smallest absolute Gasteiger partial charge is 0.187 e. The molecule has 1 aliphatic carbocycles. The van der Waals surface area contributed by atoms with Gasteiger partial charge < -0.3 is 16.2 Å². The molecule has 19 heavy (non-hydrogen) atoms. The Morgan fingerprint density at radius 1 is 1.26 bits per heavy atom. The molecule has 1 aliphatic rings. The molecule has 4 N–H and O–H groups in total. The molecule has 1 aromatic rings. The zero-order valence-electron chi connectivity index (χ0n) is 11.3. The predicted molar refractivity (Wildman–Crippen MR) is 76.9 cm³/mol. The summed E-state index contributed by atoms with van der Waals surface area (Å²) in [5.41, 5.74) is 12.0.